The number of furan rings is 1. The normalized spacial score (nSPS) is 12.1. The first-order valence-electron chi connectivity index (χ1n) is 20.0. The van der Waals surface area contributed by atoms with Gasteiger partial charge in [0.2, 0.25) is 5.95 Å². The van der Waals surface area contributed by atoms with Gasteiger partial charge in [0.15, 0.2) is 5.58 Å². The highest BCUT2D eigenvalue weighted by Crippen LogP contribution is 2.44. The molecule has 0 fully saturated rings. The van der Waals surface area contributed by atoms with Crippen molar-refractivity contribution in [1.82, 2.24) is 19.1 Å². The van der Waals surface area contributed by atoms with Crippen molar-refractivity contribution in [2.45, 2.75) is 0 Å². The number of aromatic nitrogens is 4. The highest BCUT2D eigenvalue weighted by molar-refractivity contribution is 6.30. The van der Waals surface area contributed by atoms with Crippen LogP contribution in [0.1, 0.15) is 0 Å². The highest BCUT2D eigenvalue weighted by Gasteiger charge is 2.24. The summed E-state index contributed by atoms with van der Waals surface area (Å²) in [6.45, 7) is 0. The van der Waals surface area contributed by atoms with Crippen LogP contribution in [0.5, 0.6) is 0 Å². The molecule has 0 spiro atoms. The van der Waals surface area contributed by atoms with Crippen LogP contribution in [0.2, 0.25) is 0 Å². The van der Waals surface area contributed by atoms with Crippen LogP contribution in [0.4, 0.5) is 0 Å². The van der Waals surface area contributed by atoms with Crippen molar-refractivity contribution in [2.75, 3.05) is 0 Å². The third kappa shape index (κ3) is 4.61. The van der Waals surface area contributed by atoms with Gasteiger partial charge in [-0.25, -0.2) is 9.97 Å². The number of para-hydroxylation sites is 3. The van der Waals surface area contributed by atoms with E-state index in [0.29, 0.717) is 11.5 Å². The molecule has 0 aliphatic carbocycles. The van der Waals surface area contributed by atoms with Crippen molar-refractivity contribution in [3.05, 3.63) is 194 Å². The number of hydrogen-bond donors (Lipinski definition) is 0. The molecule has 274 valence electrons. The highest BCUT2D eigenvalue weighted by atomic mass is 16.3. The SMILES string of the molecule is c1ccc(-c2nc(-n3c4ccccc4c4cc(-c5ccc6c(c5)c5ccccc5n6-c5ccccc5)ccc43)nc3c2oc2c4ccccc4c4ccccc4c32)cc1. The Morgan fingerprint density at radius 1 is 0.339 bits per heavy atom. The van der Waals surface area contributed by atoms with Gasteiger partial charge >= 0.3 is 0 Å². The molecule has 0 radical (unpaired) electrons. The van der Waals surface area contributed by atoms with E-state index in [1.165, 1.54) is 32.8 Å². The molecule has 0 aliphatic rings. The maximum absolute atomic E-state index is 6.92. The molecule has 5 heteroatoms. The van der Waals surface area contributed by atoms with Gasteiger partial charge in [0, 0.05) is 38.2 Å². The topological polar surface area (TPSA) is 48.8 Å². The monoisotopic (exact) mass is 752 g/mol. The maximum atomic E-state index is 6.92. The summed E-state index contributed by atoms with van der Waals surface area (Å²) in [5, 5.41) is 10.3. The first-order chi connectivity index (χ1) is 29.3. The molecular formula is C54H32N4O. The average molecular weight is 753 g/mol. The molecule has 0 atom stereocenters. The molecule has 0 unspecified atom stereocenters. The Hall–Kier alpha value is -8.02. The van der Waals surface area contributed by atoms with Crippen LogP contribution in [-0.4, -0.2) is 19.1 Å². The van der Waals surface area contributed by atoms with Crippen molar-refractivity contribution in [3.63, 3.8) is 0 Å². The zero-order valence-corrected chi connectivity index (χ0v) is 31.7. The summed E-state index contributed by atoms with van der Waals surface area (Å²) < 4.78 is 11.5. The molecule has 13 aromatic rings. The lowest BCUT2D eigenvalue weighted by Gasteiger charge is -2.10. The fourth-order valence-corrected chi connectivity index (χ4v) is 9.52. The largest absolute Gasteiger partial charge is 0.451 e. The summed E-state index contributed by atoms with van der Waals surface area (Å²) >= 11 is 0. The van der Waals surface area contributed by atoms with Gasteiger partial charge < -0.3 is 8.98 Å². The van der Waals surface area contributed by atoms with E-state index in [-0.39, 0.29) is 0 Å². The smallest absolute Gasteiger partial charge is 0.236 e. The van der Waals surface area contributed by atoms with E-state index in [1.54, 1.807) is 0 Å². The van der Waals surface area contributed by atoms with Gasteiger partial charge in [0.05, 0.1) is 27.5 Å². The molecule has 4 heterocycles. The Labute approximate surface area is 337 Å². The fraction of sp³-hybridized carbons (Fsp3) is 0. The summed E-state index contributed by atoms with van der Waals surface area (Å²) in [5.74, 6) is 0.602. The minimum atomic E-state index is 0.602. The van der Waals surface area contributed by atoms with E-state index < -0.39 is 0 Å². The van der Waals surface area contributed by atoms with Gasteiger partial charge in [0.1, 0.15) is 16.8 Å². The van der Waals surface area contributed by atoms with Crippen LogP contribution < -0.4 is 0 Å². The molecule has 0 saturated heterocycles. The summed E-state index contributed by atoms with van der Waals surface area (Å²) in [5.41, 5.74) is 12.0. The molecule has 0 bridgehead atoms. The Balaban J connectivity index is 1.07. The first kappa shape index (κ1) is 32.1. The maximum Gasteiger partial charge on any atom is 0.236 e. The molecule has 0 aliphatic heterocycles. The molecule has 0 saturated carbocycles. The molecule has 0 N–H and O–H groups in total. The third-order valence-corrected chi connectivity index (χ3v) is 12.1. The van der Waals surface area contributed by atoms with E-state index in [0.717, 1.165) is 77.0 Å². The second kappa shape index (κ2) is 12.2. The van der Waals surface area contributed by atoms with Crippen LogP contribution in [0.15, 0.2) is 199 Å². The molecule has 0 amide bonds. The van der Waals surface area contributed by atoms with Crippen LogP contribution in [0, 0.1) is 0 Å². The first-order valence-corrected chi connectivity index (χ1v) is 20.0. The Morgan fingerprint density at radius 3 is 1.49 bits per heavy atom. The van der Waals surface area contributed by atoms with Gasteiger partial charge in [-0.3, -0.25) is 4.57 Å². The Kier molecular flexibility index (Phi) is 6.66. The predicted molar refractivity (Wildman–Crippen MR) is 244 cm³/mol. The van der Waals surface area contributed by atoms with Crippen molar-refractivity contribution >= 4 is 87.2 Å². The van der Waals surface area contributed by atoms with Crippen LogP contribution in [-0.2, 0) is 0 Å². The number of benzene rings is 9. The van der Waals surface area contributed by atoms with Crippen molar-refractivity contribution < 1.29 is 4.42 Å². The van der Waals surface area contributed by atoms with Crippen LogP contribution in [0.25, 0.3) is 121 Å². The van der Waals surface area contributed by atoms with Crippen molar-refractivity contribution in [1.29, 1.82) is 0 Å². The molecule has 59 heavy (non-hydrogen) atoms. The third-order valence-electron chi connectivity index (χ3n) is 12.1. The van der Waals surface area contributed by atoms with E-state index in [1.807, 2.05) is 6.07 Å². The molecular weight excluding hydrogens is 721 g/mol. The second-order valence-corrected chi connectivity index (χ2v) is 15.3. The Bertz CT molecular complexity index is 3840. The number of rotatable bonds is 4. The van der Waals surface area contributed by atoms with E-state index >= 15 is 0 Å². The average Bonchev–Trinajstić information content (AvgIpc) is 3.97. The van der Waals surface area contributed by atoms with E-state index in [9.17, 15) is 0 Å². The summed E-state index contributed by atoms with van der Waals surface area (Å²) in [6.07, 6.45) is 0. The molecule has 5 nitrogen and oxygen atoms in total. The standard InChI is InChI=1S/C54H32N4O/c1-3-15-33(16-4-1)50-53-51(49-41-23-9-7-19-37(41)38-20-8-10-24-42(38)52(49)59-53)56-54(55-50)58-46-26-14-12-22-40(46)44-32-35(28-30-48(44)58)34-27-29-47-43(31-34)39-21-11-13-25-45(39)57(47)36-17-5-2-6-18-36/h1-32H. The predicted octanol–water partition coefficient (Wildman–Crippen LogP) is 14.2. The van der Waals surface area contributed by atoms with Gasteiger partial charge in [-0.15, -0.1) is 0 Å². The number of hydrogen-bond acceptors (Lipinski definition) is 3. The number of fused-ring (bicyclic) bond motifs is 14. The lowest BCUT2D eigenvalue weighted by Crippen LogP contribution is -2.02. The quantitative estimate of drug-likeness (QED) is 0.168. The zero-order valence-electron chi connectivity index (χ0n) is 31.7. The van der Waals surface area contributed by atoms with Crippen LogP contribution >= 0.6 is 0 Å². The second-order valence-electron chi connectivity index (χ2n) is 15.3. The van der Waals surface area contributed by atoms with Gasteiger partial charge in [0.25, 0.3) is 0 Å². The van der Waals surface area contributed by atoms with E-state index in [4.69, 9.17) is 14.4 Å². The van der Waals surface area contributed by atoms with Gasteiger partial charge in [-0.2, -0.15) is 0 Å². The minimum absolute atomic E-state index is 0.602. The lowest BCUT2D eigenvalue weighted by molar-refractivity contribution is 0.670. The van der Waals surface area contributed by atoms with E-state index in [2.05, 4.69) is 197 Å². The fourth-order valence-electron chi connectivity index (χ4n) is 9.52. The van der Waals surface area contributed by atoms with Crippen molar-refractivity contribution in [3.8, 4) is 34.0 Å². The van der Waals surface area contributed by atoms with Gasteiger partial charge in [-0.05, 0) is 75.8 Å². The zero-order chi connectivity index (χ0) is 38.6. The van der Waals surface area contributed by atoms with Gasteiger partial charge in [-0.1, -0.05) is 146 Å². The number of nitrogens with zero attached hydrogens (tertiary/aromatic N) is 4. The molecule has 9 aromatic carbocycles. The summed E-state index contributed by atoms with van der Waals surface area (Å²) in [4.78, 5) is 10.9. The Morgan fingerprint density at radius 2 is 0.831 bits per heavy atom. The summed E-state index contributed by atoms with van der Waals surface area (Å²) in [7, 11) is 0. The lowest BCUT2D eigenvalue weighted by atomic mass is 9.98. The van der Waals surface area contributed by atoms with Crippen LogP contribution in [0.3, 0.4) is 0 Å². The summed E-state index contributed by atoms with van der Waals surface area (Å²) in [6, 6.07) is 68.9. The molecule has 4 aromatic heterocycles. The minimum Gasteiger partial charge on any atom is -0.451 e. The molecule has 13 rings (SSSR count). The van der Waals surface area contributed by atoms with Crippen molar-refractivity contribution in [2.24, 2.45) is 0 Å².